The maximum atomic E-state index is 10.2. The van der Waals surface area contributed by atoms with Crippen molar-refractivity contribution in [3.8, 4) is 0 Å². The average molecular weight is 219 g/mol. The van der Waals surface area contributed by atoms with E-state index in [9.17, 15) is 4.91 Å². The van der Waals surface area contributed by atoms with E-state index < -0.39 is 0 Å². The fraction of sp³-hybridized carbons (Fsp3) is 0.600. The van der Waals surface area contributed by atoms with E-state index in [2.05, 4.69) is 25.4 Å². The Morgan fingerprint density at radius 2 is 1.88 bits per heavy atom. The minimum atomic E-state index is 0.282. The predicted octanol–water partition coefficient (Wildman–Crippen LogP) is 0.530. The van der Waals surface area contributed by atoms with E-state index in [1.165, 1.54) is 12.4 Å². The Bertz CT molecular complexity index is 381. The third-order valence-corrected chi connectivity index (χ3v) is 3.40. The molecule has 84 valence electrons. The topological polar surface area (TPSA) is 70.5 Å². The molecule has 2 fully saturated rings. The zero-order chi connectivity index (χ0) is 11.0. The summed E-state index contributed by atoms with van der Waals surface area (Å²) in [5.74, 6) is 2.14. The number of nitroso groups, excluding NO2 is 1. The Hall–Kier alpha value is -1.56. The van der Waals surface area contributed by atoms with Crippen LogP contribution in [0.15, 0.2) is 17.6 Å². The Morgan fingerprint density at radius 1 is 1.25 bits per heavy atom. The van der Waals surface area contributed by atoms with Gasteiger partial charge in [0.05, 0.1) is 12.4 Å². The van der Waals surface area contributed by atoms with Crippen molar-refractivity contribution in [2.45, 2.75) is 0 Å². The molecule has 0 bridgehead atoms. The van der Waals surface area contributed by atoms with Gasteiger partial charge in [0, 0.05) is 26.2 Å². The molecule has 0 amide bonds. The number of fused-ring (bicyclic) bond motifs is 1. The van der Waals surface area contributed by atoms with Crippen LogP contribution in [0.4, 0.5) is 11.6 Å². The fourth-order valence-electron chi connectivity index (χ4n) is 2.54. The number of aromatic nitrogens is 2. The summed E-state index contributed by atoms with van der Waals surface area (Å²) in [5.41, 5.74) is 0.282. The highest BCUT2D eigenvalue weighted by molar-refractivity contribution is 5.38. The summed E-state index contributed by atoms with van der Waals surface area (Å²) in [5, 5.41) is 6.18. The fourth-order valence-corrected chi connectivity index (χ4v) is 2.54. The lowest BCUT2D eigenvalue weighted by Crippen LogP contribution is -2.26. The van der Waals surface area contributed by atoms with Gasteiger partial charge in [0.15, 0.2) is 0 Å². The Labute approximate surface area is 93.1 Å². The van der Waals surface area contributed by atoms with Gasteiger partial charge in [0.1, 0.15) is 5.69 Å². The van der Waals surface area contributed by atoms with Crippen LogP contribution >= 0.6 is 0 Å². The molecule has 3 rings (SSSR count). The molecule has 6 nitrogen and oxygen atoms in total. The number of anilines is 1. The second-order valence-corrected chi connectivity index (χ2v) is 4.42. The summed E-state index contributed by atoms with van der Waals surface area (Å²) in [7, 11) is 0. The lowest BCUT2D eigenvalue weighted by atomic mass is 10.0. The average Bonchev–Trinajstić information content (AvgIpc) is 2.89. The summed E-state index contributed by atoms with van der Waals surface area (Å²) in [6.45, 7) is 4.20. The Morgan fingerprint density at radius 3 is 2.44 bits per heavy atom. The molecule has 2 atom stereocenters. The number of hydrogen-bond acceptors (Lipinski definition) is 6. The van der Waals surface area contributed by atoms with Gasteiger partial charge >= 0.3 is 0 Å². The molecule has 0 saturated carbocycles. The van der Waals surface area contributed by atoms with E-state index in [-0.39, 0.29) is 5.69 Å². The maximum absolute atomic E-state index is 10.2. The van der Waals surface area contributed by atoms with Crippen molar-refractivity contribution < 1.29 is 0 Å². The van der Waals surface area contributed by atoms with E-state index in [4.69, 9.17) is 0 Å². The van der Waals surface area contributed by atoms with Crippen molar-refractivity contribution in [3.63, 3.8) is 0 Å². The Kier molecular flexibility index (Phi) is 2.28. The molecule has 3 heterocycles. The largest absolute Gasteiger partial charge is 0.340 e. The van der Waals surface area contributed by atoms with E-state index in [0.29, 0.717) is 17.8 Å². The van der Waals surface area contributed by atoms with Crippen LogP contribution in [0.1, 0.15) is 0 Å². The lowest BCUT2D eigenvalue weighted by Gasteiger charge is -2.16. The normalized spacial score (nSPS) is 28.1. The molecule has 2 aliphatic rings. The monoisotopic (exact) mass is 219 g/mol. The van der Waals surface area contributed by atoms with Crippen molar-refractivity contribution in [1.82, 2.24) is 15.3 Å². The first-order chi connectivity index (χ1) is 7.86. The van der Waals surface area contributed by atoms with Crippen LogP contribution in [0.3, 0.4) is 0 Å². The molecule has 0 aliphatic carbocycles. The number of nitrogens with zero attached hydrogens (tertiary/aromatic N) is 4. The van der Waals surface area contributed by atoms with Gasteiger partial charge in [-0.1, -0.05) is 0 Å². The van der Waals surface area contributed by atoms with Crippen molar-refractivity contribution in [2.75, 3.05) is 31.1 Å². The van der Waals surface area contributed by atoms with Crippen molar-refractivity contribution in [2.24, 2.45) is 17.0 Å². The number of hydrogen-bond donors (Lipinski definition) is 1. The minimum Gasteiger partial charge on any atom is -0.340 e. The molecule has 2 aliphatic heterocycles. The van der Waals surface area contributed by atoms with Gasteiger partial charge in [-0.25, -0.2) is 9.97 Å². The molecule has 0 aromatic carbocycles. The standard InChI is InChI=1S/C10H13N5O/c16-14-9-3-12-10(13-4-9)15-5-7-1-11-2-8(7)6-15/h3-4,7-8,11H,1-2,5-6H2. The first-order valence-corrected chi connectivity index (χ1v) is 5.48. The minimum absolute atomic E-state index is 0.282. The lowest BCUT2D eigenvalue weighted by molar-refractivity contribution is 0.533. The first-order valence-electron chi connectivity index (χ1n) is 5.48. The number of rotatable bonds is 2. The van der Waals surface area contributed by atoms with Gasteiger partial charge in [-0.15, -0.1) is 4.91 Å². The summed E-state index contributed by atoms with van der Waals surface area (Å²) >= 11 is 0. The first kappa shape index (κ1) is 9.65. The van der Waals surface area contributed by atoms with Gasteiger partial charge < -0.3 is 10.2 Å². The molecular formula is C10H13N5O. The molecule has 2 saturated heterocycles. The van der Waals surface area contributed by atoms with Crippen LogP contribution < -0.4 is 10.2 Å². The smallest absolute Gasteiger partial charge is 0.225 e. The predicted molar refractivity (Wildman–Crippen MR) is 59.5 cm³/mol. The van der Waals surface area contributed by atoms with Crippen molar-refractivity contribution in [3.05, 3.63) is 17.3 Å². The van der Waals surface area contributed by atoms with Crippen LogP contribution in [0, 0.1) is 16.7 Å². The van der Waals surface area contributed by atoms with E-state index in [0.717, 1.165) is 26.2 Å². The summed E-state index contributed by atoms with van der Waals surface area (Å²) in [6, 6.07) is 0. The second-order valence-electron chi connectivity index (χ2n) is 4.42. The summed E-state index contributed by atoms with van der Waals surface area (Å²) < 4.78 is 0. The van der Waals surface area contributed by atoms with Crippen molar-refractivity contribution >= 4 is 11.6 Å². The quantitative estimate of drug-likeness (QED) is 0.735. The maximum Gasteiger partial charge on any atom is 0.225 e. The zero-order valence-corrected chi connectivity index (χ0v) is 8.83. The molecule has 1 N–H and O–H groups in total. The second kappa shape index (κ2) is 3.79. The molecule has 0 spiro atoms. The molecule has 6 heteroatoms. The SMILES string of the molecule is O=Nc1cnc(N2CC3CNCC3C2)nc1. The molecule has 2 unspecified atom stereocenters. The highest BCUT2D eigenvalue weighted by Gasteiger charge is 2.36. The molecular weight excluding hydrogens is 206 g/mol. The van der Waals surface area contributed by atoms with Crippen LogP contribution in [-0.4, -0.2) is 36.1 Å². The van der Waals surface area contributed by atoms with Crippen LogP contribution in [0.25, 0.3) is 0 Å². The zero-order valence-electron chi connectivity index (χ0n) is 8.83. The molecule has 0 radical (unpaired) electrons. The van der Waals surface area contributed by atoms with Crippen LogP contribution in [-0.2, 0) is 0 Å². The highest BCUT2D eigenvalue weighted by atomic mass is 16.3. The molecule has 1 aromatic rings. The molecule has 1 aromatic heterocycles. The van der Waals surface area contributed by atoms with Crippen LogP contribution in [0.2, 0.25) is 0 Å². The number of nitrogens with one attached hydrogen (secondary N) is 1. The van der Waals surface area contributed by atoms with E-state index in [1.807, 2.05) is 0 Å². The van der Waals surface area contributed by atoms with E-state index in [1.54, 1.807) is 0 Å². The molecule has 16 heavy (non-hydrogen) atoms. The van der Waals surface area contributed by atoms with Gasteiger partial charge in [-0.05, 0) is 17.0 Å². The summed E-state index contributed by atoms with van der Waals surface area (Å²) in [6.07, 6.45) is 2.95. The summed E-state index contributed by atoms with van der Waals surface area (Å²) in [4.78, 5) is 20.8. The Balaban J connectivity index is 1.75. The van der Waals surface area contributed by atoms with Gasteiger partial charge in [0.25, 0.3) is 0 Å². The van der Waals surface area contributed by atoms with Crippen LogP contribution in [0.5, 0.6) is 0 Å². The van der Waals surface area contributed by atoms with Crippen molar-refractivity contribution in [1.29, 1.82) is 0 Å². The highest BCUT2D eigenvalue weighted by Crippen LogP contribution is 2.28. The third kappa shape index (κ3) is 1.55. The third-order valence-electron chi connectivity index (χ3n) is 3.40. The van der Waals surface area contributed by atoms with Gasteiger partial charge in [0.2, 0.25) is 5.95 Å². The van der Waals surface area contributed by atoms with E-state index >= 15 is 0 Å². The van der Waals surface area contributed by atoms with Gasteiger partial charge in [-0.3, -0.25) is 0 Å². The van der Waals surface area contributed by atoms with Gasteiger partial charge in [-0.2, -0.15) is 0 Å².